The van der Waals surface area contributed by atoms with Gasteiger partial charge in [-0.1, -0.05) is 67.4 Å². The van der Waals surface area contributed by atoms with Crippen LogP contribution >= 0.6 is 0 Å². The van der Waals surface area contributed by atoms with E-state index in [-0.39, 0.29) is 0 Å². The Bertz CT molecular complexity index is 646. The predicted molar refractivity (Wildman–Crippen MR) is 110 cm³/mol. The summed E-state index contributed by atoms with van der Waals surface area (Å²) in [6.07, 6.45) is 6.70. The summed E-state index contributed by atoms with van der Waals surface area (Å²) in [7, 11) is 0. The number of para-hydroxylation sites is 1. The molecule has 0 spiro atoms. The molecule has 2 nitrogen and oxygen atoms in total. The van der Waals surface area contributed by atoms with Gasteiger partial charge in [0.25, 0.3) is 0 Å². The third kappa shape index (κ3) is 7.38. The quantitative estimate of drug-likeness (QED) is 0.283. The van der Waals surface area contributed by atoms with Gasteiger partial charge in [0.15, 0.2) is 0 Å². The van der Waals surface area contributed by atoms with Crippen LogP contribution in [0.1, 0.15) is 45.1 Å². The average molecular weight is 335 g/mol. The molecule has 0 aliphatic heterocycles. The zero-order valence-electron chi connectivity index (χ0n) is 15.6. The van der Waals surface area contributed by atoms with E-state index in [1.807, 2.05) is 30.5 Å². The molecule has 2 heteroatoms. The smallest absolute Gasteiger partial charge is 0.0593 e. The van der Waals surface area contributed by atoms with Gasteiger partial charge in [-0.15, -0.1) is 6.58 Å². The molecule has 0 unspecified atom stereocenters. The zero-order chi connectivity index (χ0) is 17.9. The van der Waals surface area contributed by atoms with E-state index in [1.165, 1.54) is 18.4 Å². The lowest BCUT2D eigenvalue weighted by Gasteiger charge is -2.21. The molecule has 2 aromatic carbocycles. The minimum atomic E-state index is 0.692. The summed E-state index contributed by atoms with van der Waals surface area (Å²) in [6, 6.07) is 20.7. The SMILES string of the molecule is C=C(C)CCC[C@@H](C)CCN(N=Cc1ccccc1)c1ccccc1. The average Bonchev–Trinajstić information content (AvgIpc) is 2.63. The minimum Gasteiger partial charge on any atom is -0.266 e. The van der Waals surface area contributed by atoms with E-state index in [9.17, 15) is 0 Å². The molecule has 0 N–H and O–H groups in total. The Labute approximate surface area is 152 Å². The molecule has 0 radical (unpaired) electrons. The first-order chi connectivity index (χ1) is 12.1. The van der Waals surface area contributed by atoms with Crippen LogP contribution in [0.25, 0.3) is 0 Å². The van der Waals surface area contributed by atoms with Crippen LogP contribution in [0.2, 0.25) is 0 Å². The van der Waals surface area contributed by atoms with E-state index in [2.05, 4.69) is 61.8 Å². The van der Waals surface area contributed by atoms with E-state index in [0.717, 1.165) is 30.6 Å². The summed E-state index contributed by atoms with van der Waals surface area (Å²) in [5, 5.41) is 6.85. The topological polar surface area (TPSA) is 15.6 Å². The normalized spacial score (nSPS) is 12.2. The van der Waals surface area contributed by atoms with Gasteiger partial charge in [0.05, 0.1) is 11.9 Å². The van der Waals surface area contributed by atoms with E-state index < -0.39 is 0 Å². The Morgan fingerprint density at radius 3 is 2.32 bits per heavy atom. The molecule has 1 atom stereocenters. The highest BCUT2D eigenvalue weighted by Gasteiger charge is 2.08. The second-order valence-electron chi connectivity index (χ2n) is 6.86. The highest BCUT2D eigenvalue weighted by Crippen LogP contribution is 2.19. The van der Waals surface area contributed by atoms with Gasteiger partial charge in [0, 0.05) is 6.54 Å². The number of hydrogen-bond donors (Lipinski definition) is 0. The van der Waals surface area contributed by atoms with Crippen molar-refractivity contribution >= 4 is 11.9 Å². The molecule has 0 fully saturated rings. The number of nitrogens with zero attached hydrogens (tertiary/aromatic N) is 2. The highest BCUT2D eigenvalue weighted by molar-refractivity contribution is 5.80. The molecule has 0 aromatic heterocycles. The van der Waals surface area contributed by atoms with Crippen molar-refractivity contribution in [3.63, 3.8) is 0 Å². The number of rotatable bonds is 10. The molecule has 0 saturated heterocycles. The van der Waals surface area contributed by atoms with Gasteiger partial charge in [-0.2, -0.15) is 5.10 Å². The van der Waals surface area contributed by atoms with Crippen molar-refractivity contribution in [1.82, 2.24) is 0 Å². The van der Waals surface area contributed by atoms with Crippen molar-refractivity contribution in [2.75, 3.05) is 11.6 Å². The fourth-order valence-corrected chi connectivity index (χ4v) is 2.77. The van der Waals surface area contributed by atoms with Crippen LogP contribution in [0.5, 0.6) is 0 Å². The van der Waals surface area contributed by atoms with Crippen LogP contribution in [-0.4, -0.2) is 12.8 Å². The van der Waals surface area contributed by atoms with E-state index in [1.54, 1.807) is 0 Å². The zero-order valence-corrected chi connectivity index (χ0v) is 15.6. The van der Waals surface area contributed by atoms with Crippen molar-refractivity contribution in [1.29, 1.82) is 0 Å². The number of hydrazone groups is 1. The molecule has 0 aliphatic carbocycles. The number of anilines is 1. The summed E-state index contributed by atoms with van der Waals surface area (Å²) in [4.78, 5) is 0. The molecule has 0 heterocycles. The Balaban J connectivity index is 1.95. The Morgan fingerprint density at radius 2 is 1.68 bits per heavy atom. The summed E-state index contributed by atoms with van der Waals surface area (Å²) in [5.74, 6) is 0.692. The van der Waals surface area contributed by atoms with Gasteiger partial charge in [0.2, 0.25) is 0 Å². The molecule has 2 rings (SSSR count). The van der Waals surface area contributed by atoms with Crippen molar-refractivity contribution < 1.29 is 0 Å². The Morgan fingerprint density at radius 1 is 1.04 bits per heavy atom. The van der Waals surface area contributed by atoms with Gasteiger partial charge < -0.3 is 0 Å². The number of benzene rings is 2. The maximum atomic E-state index is 4.74. The second kappa shape index (κ2) is 10.5. The summed E-state index contributed by atoms with van der Waals surface area (Å²) in [5.41, 5.74) is 3.55. The lowest BCUT2D eigenvalue weighted by atomic mass is 9.99. The summed E-state index contributed by atoms with van der Waals surface area (Å²) >= 11 is 0. The van der Waals surface area contributed by atoms with Gasteiger partial charge in [0.1, 0.15) is 0 Å². The highest BCUT2D eigenvalue weighted by atomic mass is 15.4. The van der Waals surface area contributed by atoms with Crippen LogP contribution in [0.3, 0.4) is 0 Å². The number of hydrogen-bond acceptors (Lipinski definition) is 2. The predicted octanol–water partition coefficient (Wildman–Crippen LogP) is 6.30. The fourth-order valence-electron chi connectivity index (χ4n) is 2.77. The van der Waals surface area contributed by atoms with Crippen molar-refractivity contribution in [3.05, 3.63) is 78.4 Å². The maximum Gasteiger partial charge on any atom is 0.0593 e. The van der Waals surface area contributed by atoms with Gasteiger partial charge in [-0.05, 0) is 49.8 Å². The van der Waals surface area contributed by atoms with Gasteiger partial charge in [-0.25, -0.2) is 0 Å². The van der Waals surface area contributed by atoms with Crippen LogP contribution < -0.4 is 5.01 Å². The molecular formula is C23H30N2. The summed E-state index contributed by atoms with van der Waals surface area (Å²) in [6.45, 7) is 9.37. The van der Waals surface area contributed by atoms with Crippen LogP contribution in [-0.2, 0) is 0 Å². The first-order valence-corrected chi connectivity index (χ1v) is 9.21. The van der Waals surface area contributed by atoms with Gasteiger partial charge >= 0.3 is 0 Å². The lowest BCUT2D eigenvalue weighted by molar-refractivity contribution is 0.474. The van der Waals surface area contributed by atoms with Crippen molar-refractivity contribution in [3.8, 4) is 0 Å². The second-order valence-corrected chi connectivity index (χ2v) is 6.86. The molecule has 25 heavy (non-hydrogen) atoms. The van der Waals surface area contributed by atoms with Crippen molar-refractivity contribution in [2.24, 2.45) is 11.0 Å². The first-order valence-electron chi connectivity index (χ1n) is 9.21. The molecular weight excluding hydrogens is 304 g/mol. The van der Waals surface area contributed by atoms with E-state index >= 15 is 0 Å². The maximum absolute atomic E-state index is 4.74. The molecule has 0 amide bonds. The standard InChI is InChI=1S/C23H30N2/c1-20(2)11-10-12-21(3)17-18-25(23-15-8-5-9-16-23)24-19-22-13-6-4-7-14-22/h4-9,13-16,19,21H,1,10-12,17-18H2,2-3H3/t21-/m1/s1. The monoisotopic (exact) mass is 334 g/mol. The van der Waals surface area contributed by atoms with Crippen LogP contribution in [0, 0.1) is 5.92 Å². The fraction of sp³-hybridized carbons (Fsp3) is 0.348. The van der Waals surface area contributed by atoms with Crippen LogP contribution in [0.4, 0.5) is 5.69 Å². The molecule has 0 saturated carbocycles. The van der Waals surface area contributed by atoms with Gasteiger partial charge in [-0.3, -0.25) is 5.01 Å². The molecule has 2 aromatic rings. The van der Waals surface area contributed by atoms with Crippen LogP contribution in [0.15, 0.2) is 77.9 Å². The largest absolute Gasteiger partial charge is 0.266 e. The molecule has 0 aliphatic rings. The number of allylic oxidation sites excluding steroid dienone is 1. The van der Waals surface area contributed by atoms with Crippen molar-refractivity contribution in [2.45, 2.75) is 39.5 Å². The Kier molecular flexibility index (Phi) is 7.97. The lowest BCUT2D eigenvalue weighted by Crippen LogP contribution is -2.20. The van der Waals surface area contributed by atoms with E-state index in [4.69, 9.17) is 5.10 Å². The molecule has 132 valence electrons. The minimum absolute atomic E-state index is 0.692. The van der Waals surface area contributed by atoms with E-state index in [0.29, 0.717) is 5.92 Å². The summed E-state index contributed by atoms with van der Waals surface area (Å²) < 4.78 is 0. The third-order valence-corrected chi connectivity index (χ3v) is 4.33. The third-order valence-electron chi connectivity index (χ3n) is 4.33. The Hall–Kier alpha value is -2.35. The molecule has 0 bridgehead atoms. The first kappa shape index (κ1) is 19.0.